The van der Waals surface area contributed by atoms with Crippen LogP contribution in [-0.4, -0.2) is 35.0 Å². The van der Waals surface area contributed by atoms with Crippen LogP contribution < -0.4 is 5.32 Å². The van der Waals surface area contributed by atoms with Gasteiger partial charge in [-0.15, -0.1) is 0 Å². The van der Waals surface area contributed by atoms with Crippen molar-refractivity contribution in [2.75, 3.05) is 18.4 Å². The Kier molecular flexibility index (Phi) is 6.33. The third kappa shape index (κ3) is 5.37. The fourth-order valence-corrected chi connectivity index (χ4v) is 2.84. The Morgan fingerprint density at radius 2 is 1.96 bits per heavy atom. The minimum atomic E-state index is -4.68. The minimum Gasteiger partial charge on any atom is -0.481 e. The first-order valence-electron chi connectivity index (χ1n) is 7.88. The van der Waals surface area contributed by atoms with Gasteiger partial charge in [-0.2, -0.15) is 18.4 Å². The highest BCUT2D eigenvalue weighted by Gasteiger charge is 2.33. The van der Waals surface area contributed by atoms with Crippen LogP contribution in [0.4, 0.5) is 18.9 Å². The van der Waals surface area contributed by atoms with Crippen LogP contribution in [0.1, 0.15) is 18.4 Å². The zero-order chi connectivity index (χ0) is 20.2. The van der Waals surface area contributed by atoms with Crippen molar-refractivity contribution < 1.29 is 27.9 Å². The number of nitrogens with zero attached hydrogens (tertiary/aromatic N) is 2. The van der Waals surface area contributed by atoms with E-state index in [4.69, 9.17) is 16.7 Å². The van der Waals surface area contributed by atoms with Gasteiger partial charge in [-0.3, -0.25) is 9.59 Å². The van der Waals surface area contributed by atoms with Gasteiger partial charge in [0.2, 0.25) is 0 Å². The van der Waals surface area contributed by atoms with Crippen molar-refractivity contribution in [2.24, 2.45) is 5.92 Å². The maximum Gasteiger partial charge on any atom is 0.417 e. The lowest BCUT2D eigenvalue weighted by molar-refractivity contribution is -0.143. The van der Waals surface area contributed by atoms with E-state index in [0.29, 0.717) is 32.0 Å². The predicted molar refractivity (Wildman–Crippen MR) is 90.7 cm³/mol. The molecule has 10 heteroatoms. The summed E-state index contributed by atoms with van der Waals surface area (Å²) in [6.07, 6.45) is -2.65. The van der Waals surface area contributed by atoms with Gasteiger partial charge in [0.1, 0.15) is 11.6 Å². The number of nitriles is 1. The Morgan fingerprint density at radius 3 is 2.48 bits per heavy atom. The highest BCUT2D eigenvalue weighted by atomic mass is 35.5. The van der Waals surface area contributed by atoms with Gasteiger partial charge in [-0.25, -0.2) is 0 Å². The Hall–Kier alpha value is -2.73. The van der Waals surface area contributed by atoms with E-state index in [1.165, 1.54) is 12.3 Å². The number of amides is 1. The molecular formula is C17H15ClF3N3O3. The van der Waals surface area contributed by atoms with Crippen LogP contribution in [0.25, 0.3) is 0 Å². The smallest absolute Gasteiger partial charge is 0.417 e. The SMILES string of the molecule is N#C/C(=C/N1CCC(C(=O)O)CC1)C(=O)Nc1ccc(Cl)c(C(F)(F)F)c1. The molecule has 1 heterocycles. The molecule has 0 spiro atoms. The molecule has 1 amide bonds. The molecule has 1 saturated heterocycles. The van der Waals surface area contributed by atoms with E-state index in [2.05, 4.69) is 5.32 Å². The first-order chi connectivity index (χ1) is 12.6. The summed E-state index contributed by atoms with van der Waals surface area (Å²) >= 11 is 5.53. The second-order valence-electron chi connectivity index (χ2n) is 5.95. The zero-order valence-corrected chi connectivity index (χ0v) is 14.6. The minimum absolute atomic E-state index is 0.150. The molecule has 1 aliphatic rings. The van der Waals surface area contributed by atoms with Crippen LogP contribution in [0, 0.1) is 17.2 Å². The topological polar surface area (TPSA) is 93.4 Å². The molecule has 2 rings (SSSR count). The van der Waals surface area contributed by atoms with E-state index in [1.54, 1.807) is 11.0 Å². The van der Waals surface area contributed by atoms with Crippen LogP contribution in [0.2, 0.25) is 5.02 Å². The van der Waals surface area contributed by atoms with Crippen LogP contribution in [-0.2, 0) is 15.8 Å². The maximum absolute atomic E-state index is 12.9. The van der Waals surface area contributed by atoms with Gasteiger partial charge < -0.3 is 15.3 Å². The molecule has 144 valence electrons. The van der Waals surface area contributed by atoms with E-state index in [-0.39, 0.29) is 11.3 Å². The van der Waals surface area contributed by atoms with Crippen LogP contribution in [0.3, 0.4) is 0 Å². The third-order valence-electron chi connectivity index (χ3n) is 4.09. The monoisotopic (exact) mass is 401 g/mol. The number of rotatable bonds is 4. The molecule has 2 N–H and O–H groups in total. The van der Waals surface area contributed by atoms with Gasteiger partial charge in [0.25, 0.3) is 5.91 Å². The molecule has 27 heavy (non-hydrogen) atoms. The van der Waals surface area contributed by atoms with Crippen molar-refractivity contribution in [2.45, 2.75) is 19.0 Å². The first-order valence-corrected chi connectivity index (χ1v) is 8.26. The summed E-state index contributed by atoms with van der Waals surface area (Å²) in [5.41, 5.74) is -1.55. The standard InChI is InChI=1S/C17H15ClF3N3O3/c18-14-2-1-12(7-13(14)17(19,20)21)23-15(25)11(8-22)9-24-5-3-10(4-6-24)16(26)27/h1-2,7,9-10H,3-6H2,(H,23,25)(H,26,27)/b11-9-. The van der Waals surface area contributed by atoms with Gasteiger partial charge >= 0.3 is 12.1 Å². The first kappa shape index (κ1) is 20.6. The largest absolute Gasteiger partial charge is 0.481 e. The molecule has 1 aliphatic heterocycles. The molecule has 1 aromatic rings. The molecule has 0 atom stereocenters. The Bertz CT molecular complexity index is 810. The number of hydrogen-bond donors (Lipinski definition) is 2. The van der Waals surface area contributed by atoms with Gasteiger partial charge in [0.15, 0.2) is 0 Å². The van der Waals surface area contributed by atoms with E-state index in [1.807, 2.05) is 0 Å². The molecule has 0 aromatic heterocycles. The lowest BCUT2D eigenvalue weighted by atomic mass is 9.97. The molecular weight excluding hydrogens is 387 g/mol. The predicted octanol–water partition coefficient (Wildman–Crippen LogP) is 3.50. The highest BCUT2D eigenvalue weighted by Crippen LogP contribution is 2.36. The van der Waals surface area contributed by atoms with Crippen LogP contribution in [0.15, 0.2) is 30.0 Å². The number of anilines is 1. The number of benzene rings is 1. The summed E-state index contributed by atoms with van der Waals surface area (Å²) in [5, 5.41) is 19.9. The number of hydrogen-bond acceptors (Lipinski definition) is 4. The lowest BCUT2D eigenvalue weighted by Crippen LogP contribution is -2.33. The number of nitrogens with one attached hydrogen (secondary N) is 1. The fourth-order valence-electron chi connectivity index (χ4n) is 2.62. The number of piperidine rings is 1. The third-order valence-corrected chi connectivity index (χ3v) is 4.41. The maximum atomic E-state index is 12.9. The van der Waals surface area contributed by atoms with Crippen molar-refractivity contribution in [3.05, 3.63) is 40.6 Å². The van der Waals surface area contributed by atoms with E-state index < -0.39 is 34.6 Å². The van der Waals surface area contributed by atoms with E-state index in [9.17, 15) is 28.0 Å². The number of alkyl halides is 3. The van der Waals surface area contributed by atoms with Crippen LogP contribution in [0.5, 0.6) is 0 Å². The summed E-state index contributed by atoms with van der Waals surface area (Å²) in [5.74, 6) is -2.22. The van der Waals surface area contributed by atoms with Crippen molar-refractivity contribution in [3.8, 4) is 6.07 Å². The number of likely N-dealkylation sites (tertiary alicyclic amines) is 1. The van der Waals surface area contributed by atoms with Crippen molar-refractivity contribution in [3.63, 3.8) is 0 Å². The quantitative estimate of drug-likeness (QED) is 0.595. The normalized spacial score (nSPS) is 16.0. The summed E-state index contributed by atoms with van der Waals surface area (Å²) in [4.78, 5) is 24.8. The molecule has 0 saturated carbocycles. The molecule has 6 nitrogen and oxygen atoms in total. The summed E-state index contributed by atoms with van der Waals surface area (Å²) in [6, 6.07) is 4.59. The van der Waals surface area contributed by atoms with E-state index >= 15 is 0 Å². The summed E-state index contributed by atoms with van der Waals surface area (Å²) in [6.45, 7) is 0.711. The number of carbonyl (C=O) groups excluding carboxylic acids is 1. The van der Waals surface area contributed by atoms with E-state index in [0.717, 1.165) is 6.07 Å². The summed E-state index contributed by atoms with van der Waals surface area (Å²) < 4.78 is 38.6. The zero-order valence-electron chi connectivity index (χ0n) is 13.9. The van der Waals surface area contributed by atoms with Crippen molar-refractivity contribution >= 4 is 29.2 Å². The molecule has 0 bridgehead atoms. The Labute approximate surface area is 157 Å². The fraction of sp³-hybridized carbons (Fsp3) is 0.353. The summed E-state index contributed by atoms with van der Waals surface area (Å²) in [7, 11) is 0. The number of carboxylic acid groups (broad SMARTS) is 1. The number of aliphatic carboxylic acids is 1. The van der Waals surface area contributed by atoms with Gasteiger partial charge in [0, 0.05) is 25.0 Å². The molecule has 1 aromatic carbocycles. The lowest BCUT2D eigenvalue weighted by Gasteiger charge is -2.29. The molecule has 0 radical (unpaired) electrons. The number of carboxylic acids is 1. The number of carbonyl (C=O) groups is 2. The van der Waals surface area contributed by atoms with Crippen LogP contribution >= 0.6 is 11.6 Å². The molecule has 0 aliphatic carbocycles. The second kappa shape index (κ2) is 8.31. The van der Waals surface area contributed by atoms with Gasteiger partial charge in [-0.05, 0) is 31.0 Å². The average Bonchev–Trinajstić information content (AvgIpc) is 2.60. The highest BCUT2D eigenvalue weighted by molar-refractivity contribution is 6.31. The van der Waals surface area contributed by atoms with Crippen molar-refractivity contribution in [1.29, 1.82) is 5.26 Å². The van der Waals surface area contributed by atoms with Gasteiger partial charge in [-0.1, -0.05) is 11.6 Å². The Morgan fingerprint density at radius 1 is 1.33 bits per heavy atom. The second-order valence-corrected chi connectivity index (χ2v) is 6.36. The number of halogens is 4. The Balaban J connectivity index is 2.10. The molecule has 0 unspecified atom stereocenters. The van der Waals surface area contributed by atoms with Crippen molar-refractivity contribution in [1.82, 2.24) is 4.90 Å². The molecule has 1 fully saturated rings. The average molecular weight is 402 g/mol. The van der Waals surface area contributed by atoms with Gasteiger partial charge in [0.05, 0.1) is 16.5 Å².